The highest BCUT2D eigenvalue weighted by Gasteiger charge is 2.33. The van der Waals surface area contributed by atoms with Gasteiger partial charge in [0.1, 0.15) is 5.82 Å². The summed E-state index contributed by atoms with van der Waals surface area (Å²) >= 11 is 1.49. The van der Waals surface area contributed by atoms with Crippen LogP contribution in [-0.4, -0.2) is 32.9 Å². The molecule has 34 heavy (non-hydrogen) atoms. The summed E-state index contributed by atoms with van der Waals surface area (Å²) < 4.78 is 53.5. The Hall–Kier alpha value is -3.40. The number of imidazole rings is 1. The average Bonchev–Trinajstić information content (AvgIpc) is 3.43. The Kier molecular flexibility index (Phi) is 5.76. The number of thiazole rings is 1. The molecule has 1 aliphatic carbocycles. The molecule has 2 heterocycles. The Morgan fingerprint density at radius 3 is 2.47 bits per heavy atom. The lowest BCUT2D eigenvalue weighted by atomic mass is 10.2. The van der Waals surface area contributed by atoms with Gasteiger partial charge in [0.05, 0.1) is 11.3 Å². The van der Waals surface area contributed by atoms with E-state index >= 15 is 0 Å². The maximum absolute atomic E-state index is 13.2. The van der Waals surface area contributed by atoms with Gasteiger partial charge in [0, 0.05) is 47.5 Å². The van der Waals surface area contributed by atoms with Crippen LogP contribution in [0, 0.1) is 5.82 Å². The largest absolute Gasteiger partial charge is 0.416 e. The molecule has 5 rings (SSSR count). The average molecular weight is 489 g/mol. The summed E-state index contributed by atoms with van der Waals surface area (Å²) in [4.78, 5) is 20.0. The molecule has 0 unspecified atom stereocenters. The third-order valence-corrected chi connectivity index (χ3v) is 6.63. The number of benzene rings is 2. The van der Waals surface area contributed by atoms with Gasteiger partial charge >= 0.3 is 12.2 Å². The van der Waals surface area contributed by atoms with Crippen molar-refractivity contribution in [3.05, 3.63) is 77.2 Å². The van der Waals surface area contributed by atoms with Crippen molar-refractivity contribution < 1.29 is 22.4 Å². The molecule has 2 amide bonds. The first-order valence-corrected chi connectivity index (χ1v) is 11.6. The van der Waals surface area contributed by atoms with Crippen molar-refractivity contribution in [1.82, 2.24) is 14.3 Å². The highest BCUT2D eigenvalue weighted by atomic mass is 32.1. The second kappa shape index (κ2) is 8.75. The summed E-state index contributed by atoms with van der Waals surface area (Å²) in [5.41, 5.74) is 2.12. The Labute approximate surface area is 196 Å². The first-order valence-electron chi connectivity index (χ1n) is 10.7. The number of aromatic nitrogens is 2. The van der Waals surface area contributed by atoms with E-state index in [1.54, 1.807) is 17.0 Å². The van der Waals surface area contributed by atoms with Crippen molar-refractivity contribution in [2.75, 3.05) is 11.9 Å². The van der Waals surface area contributed by atoms with E-state index in [-0.39, 0.29) is 17.9 Å². The number of amides is 2. The maximum Gasteiger partial charge on any atom is 0.416 e. The first kappa shape index (κ1) is 22.4. The van der Waals surface area contributed by atoms with Gasteiger partial charge in [-0.3, -0.25) is 4.40 Å². The van der Waals surface area contributed by atoms with Gasteiger partial charge in [0.2, 0.25) is 0 Å². The fourth-order valence-corrected chi connectivity index (χ4v) is 4.69. The standard InChI is InChI=1S/C24H20F4N4OS/c25-17-5-1-15(2-6-17)21-13-32-20(14-34-23(32)30-21)11-12-31(19-9-10-19)22(33)29-18-7-3-16(4-8-18)24(26,27)28/h1-8,13-14,19H,9-12H2,(H,29,33). The van der Waals surface area contributed by atoms with Gasteiger partial charge in [-0.2, -0.15) is 13.2 Å². The SMILES string of the molecule is O=C(Nc1ccc(C(F)(F)F)cc1)N(CCc1csc2nc(-c3ccc(F)cc3)cn12)C1CC1. The first-order chi connectivity index (χ1) is 16.3. The van der Waals surface area contributed by atoms with Crippen LogP contribution >= 0.6 is 11.3 Å². The molecule has 2 aromatic heterocycles. The smallest absolute Gasteiger partial charge is 0.321 e. The quantitative estimate of drug-likeness (QED) is 0.317. The molecule has 1 aliphatic rings. The van der Waals surface area contributed by atoms with Crippen molar-refractivity contribution in [2.45, 2.75) is 31.5 Å². The molecule has 0 saturated heterocycles. The van der Waals surface area contributed by atoms with Crippen LogP contribution in [-0.2, 0) is 12.6 Å². The minimum Gasteiger partial charge on any atom is -0.321 e. The lowest BCUT2D eigenvalue weighted by molar-refractivity contribution is -0.137. The number of hydrogen-bond donors (Lipinski definition) is 1. The van der Waals surface area contributed by atoms with Crippen LogP contribution in [0.4, 0.5) is 28.0 Å². The van der Waals surface area contributed by atoms with Crippen LogP contribution in [0.3, 0.4) is 0 Å². The molecule has 176 valence electrons. The van der Waals surface area contributed by atoms with E-state index in [9.17, 15) is 22.4 Å². The third-order valence-electron chi connectivity index (χ3n) is 5.74. The Balaban J connectivity index is 1.27. The molecule has 1 saturated carbocycles. The second-order valence-corrected chi connectivity index (χ2v) is 9.03. The highest BCUT2D eigenvalue weighted by molar-refractivity contribution is 7.15. The molecule has 4 aromatic rings. The van der Waals surface area contributed by atoms with E-state index < -0.39 is 11.7 Å². The number of nitrogens with zero attached hydrogens (tertiary/aromatic N) is 3. The lowest BCUT2D eigenvalue weighted by Gasteiger charge is -2.23. The molecule has 10 heteroatoms. The minimum absolute atomic E-state index is 0.126. The van der Waals surface area contributed by atoms with Crippen molar-refractivity contribution in [2.24, 2.45) is 0 Å². The molecular weight excluding hydrogens is 468 g/mol. The van der Waals surface area contributed by atoms with Crippen LogP contribution in [0.25, 0.3) is 16.2 Å². The number of alkyl halides is 3. The molecule has 0 spiro atoms. The number of hydrogen-bond acceptors (Lipinski definition) is 3. The zero-order valence-electron chi connectivity index (χ0n) is 17.8. The van der Waals surface area contributed by atoms with Gasteiger partial charge in [0.15, 0.2) is 4.96 Å². The van der Waals surface area contributed by atoms with Crippen molar-refractivity contribution in [1.29, 1.82) is 0 Å². The monoisotopic (exact) mass is 488 g/mol. The number of nitrogens with one attached hydrogen (secondary N) is 1. The maximum atomic E-state index is 13.2. The molecular formula is C24H20F4N4OS. The van der Waals surface area contributed by atoms with E-state index in [4.69, 9.17) is 0 Å². The number of anilines is 1. The Morgan fingerprint density at radius 1 is 1.12 bits per heavy atom. The summed E-state index contributed by atoms with van der Waals surface area (Å²) in [5, 5.41) is 4.71. The van der Waals surface area contributed by atoms with E-state index in [2.05, 4.69) is 10.3 Å². The Morgan fingerprint density at radius 2 is 1.82 bits per heavy atom. The predicted molar refractivity (Wildman–Crippen MR) is 122 cm³/mol. The van der Waals surface area contributed by atoms with E-state index in [1.165, 1.54) is 35.6 Å². The Bertz CT molecular complexity index is 1310. The fourth-order valence-electron chi connectivity index (χ4n) is 3.78. The van der Waals surface area contributed by atoms with E-state index in [0.29, 0.717) is 18.7 Å². The molecule has 2 aromatic carbocycles. The highest BCUT2D eigenvalue weighted by Crippen LogP contribution is 2.31. The summed E-state index contributed by atoms with van der Waals surface area (Å²) in [6.07, 6.45) is -0.120. The minimum atomic E-state index is -4.42. The summed E-state index contributed by atoms with van der Waals surface area (Å²) in [5.74, 6) is -0.305. The van der Waals surface area contributed by atoms with Gasteiger partial charge in [-0.15, -0.1) is 11.3 Å². The van der Waals surface area contributed by atoms with Crippen LogP contribution in [0.15, 0.2) is 60.1 Å². The van der Waals surface area contributed by atoms with E-state index in [1.807, 2.05) is 16.0 Å². The normalized spacial score (nSPS) is 13.9. The van der Waals surface area contributed by atoms with Crippen LogP contribution in [0.2, 0.25) is 0 Å². The fraction of sp³-hybridized carbons (Fsp3) is 0.250. The predicted octanol–water partition coefficient (Wildman–Crippen LogP) is 6.46. The lowest BCUT2D eigenvalue weighted by Crippen LogP contribution is -2.38. The summed E-state index contributed by atoms with van der Waals surface area (Å²) in [6.45, 7) is 0.465. The van der Waals surface area contributed by atoms with Gasteiger partial charge in [-0.1, -0.05) is 0 Å². The zero-order valence-corrected chi connectivity index (χ0v) is 18.7. The van der Waals surface area contributed by atoms with E-state index in [0.717, 1.165) is 46.9 Å². The van der Waals surface area contributed by atoms with Gasteiger partial charge in [-0.05, 0) is 61.4 Å². The zero-order chi connectivity index (χ0) is 23.9. The van der Waals surface area contributed by atoms with Gasteiger partial charge < -0.3 is 10.2 Å². The van der Waals surface area contributed by atoms with Crippen LogP contribution in [0.5, 0.6) is 0 Å². The number of halogens is 4. The molecule has 1 N–H and O–H groups in total. The molecule has 0 aliphatic heterocycles. The molecule has 0 radical (unpaired) electrons. The van der Waals surface area contributed by atoms with Crippen molar-refractivity contribution in [3.63, 3.8) is 0 Å². The number of carbonyl (C=O) groups is 1. The summed E-state index contributed by atoms with van der Waals surface area (Å²) in [6, 6.07) is 10.4. The number of fused-ring (bicyclic) bond motifs is 1. The summed E-state index contributed by atoms with van der Waals surface area (Å²) in [7, 11) is 0. The molecule has 0 bridgehead atoms. The third kappa shape index (κ3) is 4.77. The molecule has 5 nitrogen and oxygen atoms in total. The van der Waals surface area contributed by atoms with Crippen LogP contribution < -0.4 is 5.32 Å². The van der Waals surface area contributed by atoms with Crippen LogP contribution in [0.1, 0.15) is 24.1 Å². The second-order valence-electron chi connectivity index (χ2n) is 8.19. The number of carbonyl (C=O) groups excluding carboxylic acids is 1. The topological polar surface area (TPSA) is 49.6 Å². The number of rotatable bonds is 6. The van der Waals surface area contributed by atoms with Gasteiger partial charge in [-0.25, -0.2) is 14.2 Å². The molecule has 1 fully saturated rings. The van der Waals surface area contributed by atoms with Crippen molar-refractivity contribution in [3.8, 4) is 11.3 Å². The number of urea groups is 1. The molecule has 0 atom stereocenters. The van der Waals surface area contributed by atoms with Gasteiger partial charge in [0.25, 0.3) is 0 Å². The van der Waals surface area contributed by atoms with Crippen molar-refractivity contribution >= 4 is 28.0 Å².